The molecule has 0 atom stereocenters. The van der Waals surface area contributed by atoms with Gasteiger partial charge >= 0.3 is 0 Å². The molecule has 3 aromatic carbocycles. The molecule has 0 saturated heterocycles. The molecule has 3 nitrogen and oxygen atoms in total. The molecule has 5 rings (SSSR count). The van der Waals surface area contributed by atoms with E-state index in [4.69, 9.17) is 28.2 Å². The zero-order valence-corrected chi connectivity index (χ0v) is 24.5. The highest BCUT2D eigenvalue weighted by Gasteiger charge is 2.25. The van der Waals surface area contributed by atoms with E-state index in [0.29, 0.717) is 5.92 Å². The molecular weight excluding hydrogens is 521 g/mol. The summed E-state index contributed by atoms with van der Waals surface area (Å²) in [4.78, 5) is 7.90. The third-order valence-electron chi connectivity index (χ3n) is 7.94. The minimum Gasteiger partial charge on any atom is -0.326 e. The maximum atomic E-state index is 6.70. The molecule has 5 heteroatoms. The van der Waals surface area contributed by atoms with Crippen molar-refractivity contribution in [2.45, 2.75) is 71.5 Å². The minimum atomic E-state index is 0.695. The lowest BCUT2D eigenvalue weighted by Crippen LogP contribution is -2.31. The molecular formula is C34H39Cl2N3. The first kappa shape index (κ1) is 28.0. The monoisotopic (exact) mass is 559 g/mol. The lowest BCUT2D eigenvalue weighted by molar-refractivity contribution is 0.183. The molecule has 4 aromatic rings. The Kier molecular flexibility index (Phi) is 9.79. The van der Waals surface area contributed by atoms with Gasteiger partial charge in [-0.1, -0.05) is 123 Å². The van der Waals surface area contributed by atoms with Gasteiger partial charge in [0.25, 0.3) is 0 Å². The predicted molar refractivity (Wildman–Crippen MR) is 165 cm³/mol. The van der Waals surface area contributed by atoms with Crippen LogP contribution < -0.4 is 0 Å². The Labute approximate surface area is 243 Å². The smallest absolute Gasteiger partial charge is 0.140 e. The maximum absolute atomic E-state index is 6.70. The molecule has 1 aliphatic carbocycles. The van der Waals surface area contributed by atoms with E-state index < -0.39 is 0 Å². The fourth-order valence-corrected chi connectivity index (χ4v) is 6.39. The molecule has 0 amide bonds. The fourth-order valence-electron chi connectivity index (χ4n) is 5.88. The number of imidazole rings is 1. The van der Waals surface area contributed by atoms with E-state index in [1.54, 1.807) is 0 Å². The summed E-state index contributed by atoms with van der Waals surface area (Å²) in [6.07, 6.45) is 8.84. The van der Waals surface area contributed by atoms with Gasteiger partial charge in [0, 0.05) is 52.9 Å². The van der Waals surface area contributed by atoms with Gasteiger partial charge in [-0.05, 0) is 37.3 Å². The molecule has 1 heterocycles. The van der Waals surface area contributed by atoms with Crippen molar-refractivity contribution in [1.82, 2.24) is 14.5 Å². The Morgan fingerprint density at radius 3 is 2.08 bits per heavy atom. The predicted octanol–water partition coefficient (Wildman–Crippen LogP) is 9.91. The number of nitrogens with zero attached hydrogens (tertiary/aromatic N) is 3. The number of unbranched alkanes of at least 4 members (excludes halogenated alkanes) is 1. The summed E-state index contributed by atoms with van der Waals surface area (Å²) in [5.41, 5.74) is 5.68. The highest BCUT2D eigenvalue weighted by molar-refractivity contribution is 6.35. The topological polar surface area (TPSA) is 21.1 Å². The van der Waals surface area contributed by atoms with Gasteiger partial charge in [-0.3, -0.25) is 4.90 Å². The fraction of sp³-hybridized carbons (Fsp3) is 0.382. The quantitative estimate of drug-likeness (QED) is 0.182. The summed E-state index contributed by atoms with van der Waals surface area (Å²) >= 11 is 13.4. The van der Waals surface area contributed by atoms with Gasteiger partial charge in [0.05, 0.1) is 11.4 Å². The van der Waals surface area contributed by atoms with Crippen molar-refractivity contribution >= 4 is 23.2 Å². The number of halogens is 2. The third kappa shape index (κ3) is 6.95. The lowest BCUT2D eigenvalue weighted by Gasteiger charge is -2.31. The Hall–Kier alpha value is -2.59. The van der Waals surface area contributed by atoms with Crippen LogP contribution in [0.5, 0.6) is 0 Å². The molecule has 39 heavy (non-hydrogen) atoms. The molecule has 0 N–H and O–H groups in total. The van der Waals surface area contributed by atoms with Crippen molar-refractivity contribution in [3.63, 3.8) is 0 Å². The van der Waals surface area contributed by atoms with Gasteiger partial charge in [0.15, 0.2) is 0 Å². The normalized spacial score (nSPS) is 14.3. The van der Waals surface area contributed by atoms with Crippen molar-refractivity contribution in [2.75, 3.05) is 6.54 Å². The van der Waals surface area contributed by atoms with Crippen LogP contribution >= 0.6 is 23.2 Å². The van der Waals surface area contributed by atoms with Gasteiger partial charge in [0.2, 0.25) is 0 Å². The molecule has 1 aromatic heterocycles. The van der Waals surface area contributed by atoms with Gasteiger partial charge < -0.3 is 4.57 Å². The summed E-state index contributed by atoms with van der Waals surface area (Å²) in [5.74, 6) is 1.74. The average Bonchev–Trinajstić information content (AvgIpc) is 3.33. The number of hydrogen-bond donors (Lipinski definition) is 0. The van der Waals surface area contributed by atoms with Crippen molar-refractivity contribution in [1.29, 1.82) is 0 Å². The highest BCUT2D eigenvalue weighted by atomic mass is 35.5. The summed E-state index contributed by atoms with van der Waals surface area (Å²) in [5, 5.41) is 1.48. The number of rotatable bonds is 11. The SMILES string of the molecule is CCCCn1c(-c2ccccc2)nc(-c2ccccc2)c1CN(Cc1c(Cl)cccc1Cl)CC1CCCCC1. The van der Waals surface area contributed by atoms with E-state index in [0.717, 1.165) is 77.3 Å². The first-order valence-electron chi connectivity index (χ1n) is 14.5. The summed E-state index contributed by atoms with van der Waals surface area (Å²) in [7, 11) is 0. The molecule has 1 aliphatic rings. The van der Waals surface area contributed by atoms with Crippen molar-refractivity contribution in [2.24, 2.45) is 5.92 Å². The zero-order valence-electron chi connectivity index (χ0n) is 23.0. The molecule has 0 bridgehead atoms. The Bertz CT molecular complexity index is 1310. The van der Waals surface area contributed by atoms with Crippen LogP contribution in [0.15, 0.2) is 78.9 Å². The van der Waals surface area contributed by atoms with Crippen LogP contribution in [-0.4, -0.2) is 21.0 Å². The first-order valence-corrected chi connectivity index (χ1v) is 15.2. The Morgan fingerprint density at radius 2 is 1.44 bits per heavy atom. The Morgan fingerprint density at radius 1 is 0.795 bits per heavy atom. The Balaban J connectivity index is 1.59. The highest BCUT2D eigenvalue weighted by Crippen LogP contribution is 2.34. The van der Waals surface area contributed by atoms with Crippen molar-refractivity contribution < 1.29 is 0 Å². The standard InChI is InChI=1S/C34H39Cl2N3/c1-2-3-22-39-32(33(27-16-9-5-10-17-27)37-34(39)28-18-11-6-12-19-28)25-38(23-26-14-7-4-8-15-26)24-29-30(35)20-13-21-31(29)36/h5-6,9-13,16-21,26H,2-4,7-8,14-15,22-25H2,1H3. The van der Waals surface area contributed by atoms with Crippen LogP contribution in [0.2, 0.25) is 10.0 Å². The minimum absolute atomic E-state index is 0.695. The molecule has 1 saturated carbocycles. The molecule has 1 fully saturated rings. The van der Waals surface area contributed by atoms with Crippen molar-refractivity contribution in [3.8, 4) is 22.6 Å². The molecule has 0 unspecified atom stereocenters. The van der Waals surface area contributed by atoms with Gasteiger partial charge in [0.1, 0.15) is 5.82 Å². The van der Waals surface area contributed by atoms with Crippen LogP contribution in [0, 0.1) is 5.92 Å². The number of hydrogen-bond acceptors (Lipinski definition) is 2. The number of benzene rings is 3. The molecule has 0 aliphatic heterocycles. The zero-order chi connectivity index (χ0) is 27.0. The van der Waals surface area contributed by atoms with Gasteiger partial charge in [-0.2, -0.15) is 0 Å². The second-order valence-corrected chi connectivity index (χ2v) is 11.7. The lowest BCUT2D eigenvalue weighted by atomic mass is 9.89. The van der Waals surface area contributed by atoms with Gasteiger partial charge in [-0.15, -0.1) is 0 Å². The van der Waals surface area contributed by atoms with E-state index in [9.17, 15) is 0 Å². The van der Waals surface area contributed by atoms with Crippen LogP contribution in [0.3, 0.4) is 0 Å². The van der Waals surface area contributed by atoms with Crippen molar-refractivity contribution in [3.05, 3.63) is 100 Å². The van der Waals surface area contributed by atoms with E-state index >= 15 is 0 Å². The largest absolute Gasteiger partial charge is 0.326 e. The molecule has 204 valence electrons. The van der Waals surface area contributed by atoms with Crippen LogP contribution in [-0.2, 0) is 19.6 Å². The summed E-state index contributed by atoms with van der Waals surface area (Å²) < 4.78 is 2.48. The van der Waals surface area contributed by atoms with E-state index in [1.807, 2.05) is 18.2 Å². The van der Waals surface area contributed by atoms with E-state index in [-0.39, 0.29) is 0 Å². The summed E-state index contributed by atoms with van der Waals surface area (Å²) in [6, 6.07) is 27.1. The first-order chi connectivity index (χ1) is 19.1. The maximum Gasteiger partial charge on any atom is 0.140 e. The molecule has 0 spiro atoms. The second-order valence-electron chi connectivity index (χ2n) is 10.8. The second kappa shape index (κ2) is 13.7. The van der Waals surface area contributed by atoms with Crippen LogP contribution in [0.1, 0.15) is 63.1 Å². The van der Waals surface area contributed by atoms with Gasteiger partial charge in [-0.25, -0.2) is 4.98 Å². The third-order valence-corrected chi connectivity index (χ3v) is 8.65. The average molecular weight is 561 g/mol. The number of aromatic nitrogens is 2. The van der Waals surface area contributed by atoms with Crippen LogP contribution in [0.25, 0.3) is 22.6 Å². The van der Waals surface area contributed by atoms with Crippen LogP contribution in [0.4, 0.5) is 0 Å². The summed E-state index contributed by atoms with van der Waals surface area (Å²) in [6.45, 7) is 5.76. The van der Waals surface area contributed by atoms with E-state index in [2.05, 4.69) is 77.1 Å². The molecule has 0 radical (unpaired) electrons. The van der Waals surface area contributed by atoms with E-state index in [1.165, 1.54) is 37.8 Å².